The topological polar surface area (TPSA) is 84.2 Å². The van der Waals surface area contributed by atoms with Gasteiger partial charge in [-0.05, 0) is 44.0 Å². The Balaban J connectivity index is 2.02. The SMILES string of the molecule is CN1CCCC(CNc2nc(Cl)ncc2[N+](=O)[O-])C1. The Morgan fingerprint density at radius 2 is 2.47 bits per heavy atom. The number of rotatable bonds is 4. The maximum Gasteiger partial charge on any atom is 0.329 e. The van der Waals surface area contributed by atoms with Crippen LogP contribution in [-0.4, -0.2) is 46.5 Å². The fraction of sp³-hybridized carbons (Fsp3) is 0.636. The number of nitrogens with one attached hydrogen (secondary N) is 1. The van der Waals surface area contributed by atoms with E-state index in [0.29, 0.717) is 12.5 Å². The molecule has 1 unspecified atom stereocenters. The van der Waals surface area contributed by atoms with E-state index in [1.807, 2.05) is 0 Å². The first-order valence-electron chi connectivity index (χ1n) is 6.15. The van der Waals surface area contributed by atoms with Gasteiger partial charge in [-0.15, -0.1) is 0 Å². The first-order valence-corrected chi connectivity index (χ1v) is 6.53. The number of hydrogen-bond donors (Lipinski definition) is 1. The molecule has 1 saturated heterocycles. The van der Waals surface area contributed by atoms with Crippen molar-refractivity contribution in [3.05, 3.63) is 21.6 Å². The molecule has 1 aromatic rings. The number of anilines is 1. The van der Waals surface area contributed by atoms with Gasteiger partial charge in [-0.2, -0.15) is 4.98 Å². The van der Waals surface area contributed by atoms with Crippen molar-refractivity contribution in [1.82, 2.24) is 14.9 Å². The molecule has 1 aromatic heterocycles. The quantitative estimate of drug-likeness (QED) is 0.516. The summed E-state index contributed by atoms with van der Waals surface area (Å²) in [6.45, 7) is 2.74. The predicted octanol–water partition coefficient (Wildman–Crippen LogP) is 1.79. The molecule has 19 heavy (non-hydrogen) atoms. The second-order valence-corrected chi connectivity index (χ2v) is 5.12. The Labute approximate surface area is 116 Å². The van der Waals surface area contributed by atoms with Crippen LogP contribution in [0, 0.1) is 16.0 Å². The second kappa shape index (κ2) is 6.12. The molecule has 8 heteroatoms. The molecule has 7 nitrogen and oxygen atoms in total. The number of halogens is 1. The van der Waals surface area contributed by atoms with E-state index in [4.69, 9.17) is 11.6 Å². The molecule has 0 saturated carbocycles. The zero-order valence-electron chi connectivity index (χ0n) is 10.7. The maximum absolute atomic E-state index is 10.9. The van der Waals surface area contributed by atoms with Crippen LogP contribution in [0.5, 0.6) is 0 Å². The van der Waals surface area contributed by atoms with E-state index >= 15 is 0 Å². The van der Waals surface area contributed by atoms with Gasteiger partial charge in [0, 0.05) is 13.1 Å². The molecule has 0 radical (unpaired) electrons. The zero-order valence-corrected chi connectivity index (χ0v) is 11.4. The summed E-state index contributed by atoms with van der Waals surface area (Å²) in [5.41, 5.74) is -0.145. The minimum Gasteiger partial charge on any atom is -0.364 e. The van der Waals surface area contributed by atoms with Gasteiger partial charge in [-0.25, -0.2) is 4.98 Å². The molecule has 1 N–H and O–H groups in total. The molecule has 0 bridgehead atoms. The Kier molecular flexibility index (Phi) is 4.49. The van der Waals surface area contributed by atoms with Gasteiger partial charge in [-0.1, -0.05) is 0 Å². The van der Waals surface area contributed by atoms with Crippen molar-refractivity contribution < 1.29 is 4.92 Å². The van der Waals surface area contributed by atoms with Gasteiger partial charge in [0.25, 0.3) is 0 Å². The van der Waals surface area contributed by atoms with Crippen LogP contribution >= 0.6 is 11.6 Å². The van der Waals surface area contributed by atoms with Crippen LogP contribution in [0.25, 0.3) is 0 Å². The molecule has 1 atom stereocenters. The molecule has 0 spiro atoms. The Bertz CT molecular complexity index is 470. The van der Waals surface area contributed by atoms with Gasteiger partial charge in [0.2, 0.25) is 11.1 Å². The van der Waals surface area contributed by atoms with Gasteiger partial charge in [0.15, 0.2) is 0 Å². The predicted molar refractivity (Wildman–Crippen MR) is 72.4 cm³/mol. The Hall–Kier alpha value is -1.47. The normalized spacial score (nSPS) is 20.2. The summed E-state index contributed by atoms with van der Waals surface area (Å²) in [5.74, 6) is 0.658. The van der Waals surface area contributed by atoms with Crippen molar-refractivity contribution in [1.29, 1.82) is 0 Å². The highest BCUT2D eigenvalue weighted by Crippen LogP contribution is 2.23. The Morgan fingerprint density at radius 3 is 3.16 bits per heavy atom. The lowest BCUT2D eigenvalue weighted by molar-refractivity contribution is -0.384. The van der Waals surface area contributed by atoms with Crippen LogP contribution < -0.4 is 5.32 Å². The van der Waals surface area contributed by atoms with Crippen molar-refractivity contribution in [2.24, 2.45) is 5.92 Å². The molecule has 0 amide bonds. The molecular formula is C11H16ClN5O2. The highest BCUT2D eigenvalue weighted by molar-refractivity contribution is 6.28. The molecule has 2 heterocycles. The van der Waals surface area contributed by atoms with E-state index in [0.717, 1.165) is 32.1 Å². The van der Waals surface area contributed by atoms with E-state index in [-0.39, 0.29) is 16.8 Å². The molecule has 2 rings (SSSR count). The molecule has 1 fully saturated rings. The summed E-state index contributed by atoms with van der Waals surface area (Å²) in [6.07, 6.45) is 3.39. The lowest BCUT2D eigenvalue weighted by Gasteiger charge is -2.29. The number of likely N-dealkylation sites (tertiary alicyclic amines) is 1. The van der Waals surface area contributed by atoms with Crippen LogP contribution in [0.3, 0.4) is 0 Å². The van der Waals surface area contributed by atoms with Crippen LogP contribution in [0.4, 0.5) is 11.5 Å². The molecule has 1 aliphatic heterocycles. The minimum atomic E-state index is -0.508. The fourth-order valence-corrected chi connectivity index (χ4v) is 2.43. The largest absolute Gasteiger partial charge is 0.364 e. The van der Waals surface area contributed by atoms with E-state index in [2.05, 4.69) is 27.2 Å². The van der Waals surface area contributed by atoms with Gasteiger partial charge in [-0.3, -0.25) is 10.1 Å². The summed E-state index contributed by atoms with van der Waals surface area (Å²) in [7, 11) is 2.08. The summed E-state index contributed by atoms with van der Waals surface area (Å²) >= 11 is 5.67. The Morgan fingerprint density at radius 1 is 1.68 bits per heavy atom. The van der Waals surface area contributed by atoms with Gasteiger partial charge >= 0.3 is 5.69 Å². The van der Waals surface area contributed by atoms with E-state index in [1.54, 1.807) is 0 Å². The summed E-state index contributed by atoms with van der Waals surface area (Å²) in [5, 5.41) is 13.9. The number of nitro groups is 1. The lowest BCUT2D eigenvalue weighted by Crippen LogP contribution is -2.35. The second-order valence-electron chi connectivity index (χ2n) is 4.78. The number of nitrogens with zero attached hydrogens (tertiary/aromatic N) is 4. The summed E-state index contributed by atoms with van der Waals surface area (Å²) in [4.78, 5) is 20.1. The monoisotopic (exact) mass is 285 g/mol. The smallest absolute Gasteiger partial charge is 0.329 e. The van der Waals surface area contributed by atoms with E-state index < -0.39 is 4.92 Å². The first-order chi connectivity index (χ1) is 9.06. The first kappa shape index (κ1) is 14.0. The van der Waals surface area contributed by atoms with Crippen LogP contribution in [0.2, 0.25) is 5.28 Å². The molecule has 104 valence electrons. The fourth-order valence-electron chi connectivity index (χ4n) is 2.30. The number of hydrogen-bond acceptors (Lipinski definition) is 6. The molecule has 0 aliphatic carbocycles. The molecule has 1 aliphatic rings. The van der Waals surface area contributed by atoms with Crippen molar-refractivity contribution in [3.63, 3.8) is 0 Å². The van der Waals surface area contributed by atoms with Crippen molar-refractivity contribution in [2.75, 3.05) is 32.0 Å². The highest BCUT2D eigenvalue weighted by Gasteiger charge is 2.20. The van der Waals surface area contributed by atoms with Crippen LogP contribution in [-0.2, 0) is 0 Å². The average molecular weight is 286 g/mol. The van der Waals surface area contributed by atoms with Crippen LogP contribution in [0.15, 0.2) is 6.20 Å². The van der Waals surface area contributed by atoms with Gasteiger partial charge < -0.3 is 10.2 Å². The number of piperidine rings is 1. The van der Waals surface area contributed by atoms with Crippen molar-refractivity contribution in [3.8, 4) is 0 Å². The zero-order chi connectivity index (χ0) is 13.8. The van der Waals surface area contributed by atoms with E-state index in [9.17, 15) is 10.1 Å². The third-order valence-electron chi connectivity index (χ3n) is 3.22. The molecular weight excluding hydrogens is 270 g/mol. The third-order valence-corrected chi connectivity index (χ3v) is 3.40. The van der Waals surface area contributed by atoms with Crippen LogP contribution in [0.1, 0.15) is 12.8 Å². The summed E-state index contributed by atoms with van der Waals surface area (Å²) < 4.78 is 0. The van der Waals surface area contributed by atoms with Gasteiger partial charge in [0.1, 0.15) is 6.20 Å². The van der Waals surface area contributed by atoms with Crippen molar-refractivity contribution >= 4 is 23.1 Å². The third kappa shape index (κ3) is 3.74. The number of aromatic nitrogens is 2. The average Bonchev–Trinajstić information content (AvgIpc) is 2.36. The van der Waals surface area contributed by atoms with Crippen molar-refractivity contribution in [2.45, 2.75) is 12.8 Å². The molecule has 0 aromatic carbocycles. The summed E-state index contributed by atoms with van der Waals surface area (Å²) in [6, 6.07) is 0. The highest BCUT2D eigenvalue weighted by atomic mass is 35.5. The lowest BCUT2D eigenvalue weighted by atomic mass is 9.98. The maximum atomic E-state index is 10.9. The van der Waals surface area contributed by atoms with E-state index in [1.165, 1.54) is 0 Å². The van der Waals surface area contributed by atoms with Gasteiger partial charge in [0.05, 0.1) is 4.92 Å². The standard InChI is InChI=1S/C11H16ClN5O2/c1-16-4-2-3-8(7-16)5-13-10-9(17(18)19)6-14-11(12)15-10/h6,8H,2-5,7H2,1H3,(H,13,14,15). The minimum absolute atomic E-state index is 0.00821.